The van der Waals surface area contributed by atoms with Gasteiger partial charge in [0.15, 0.2) is 5.78 Å². The van der Waals surface area contributed by atoms with Crippen molar-refractivity contribution in [2.45, 2.75) is 6.61 Å². The molecule has 0 amide bonds. The molecular weight excluding hydrogens is 578 g/mol. The molecule has 142 valence electrons. The van der Waals surface area contributed by atoms with E-state index in [1.807, 2.05) is 48.5 Å². The van der Waals surface area contributed by atoms with E-state index < -0.39 is 0 Å². The van der Waals surface area contributed by atoms with Crippen molar-refractivity contribution in [2.75, 3.05) is 7.11 Å². The van der Waals surface area contributed by atoms with Crippen LogP contribution >= 0.6 is 45.2 Å². The first kappa shape index (κ1) is 20.9. The molecule has 3 rings (SSSR count). The van der Waals surface area contributed by atoms with E-state index in [0.717, 1.165) is 29.8 Å². The third-order valence-electron chi connectivity index (χ3n) is 4.05. The molecule has 0 fully saturated rings. The Morgan fingerprint density at radius 3 is 2.21 bits per heavy atom. The lowest BCUT2D eigenvalue weighted by molar-refractivity contribution is 0.104. The molecule has 0 unspecified atom stereocenters. The van der Waals surface area contributed by atoms with Crippen LogP contribution in [0.25, 0.3) is 6.08 Å². The molecule has 0 saturated carbocycles. The Morgan fingerprint density at radius 1 is 0.964 bits per heavy atom. The van der Waals surface area contributed by atoms with Crippen molar-refractivity contribution >= 4 is 57.0 Å². The van der Waals surface area contributed by atoms with Gasteiger partial charge in [0.1, 0.15) is 18.1 Å². The second-order valence-corrected chi connectivity index (χ2v) is 8.34. The first-order valence-corrected chi connectivity index (χ1v) is 10.7. The van der Waals surface area contributed by atoms with Crippen LogP contribution in [0.2, 0.25) is 0 Å². The quantitative estimate of drug-likeness (QED) is 0.181. The Bertz CT molecular complexity index is 957. The predicted octanol–water partition coefficient (Wildman–Crippen LogP) is 6.38. The molecule has 0 heterocycles. The molecule has 0 aliphatic heterocycles. The van der Waals surface area contributed by atoms with Crippen LogP contribution in [0.4, 0.5) is 0 Å². The molecule has 0 aliphatic rings. The van der Waals surface area contributed by atoms with Gasteiger partial charge in [-0.3, -0.25) is 4.79 Å². The number of ether oxygens (including phenoxy) is 2. The van der Waals surface area contributed by atoms with Crippen molar-refractivity contribution in [3.8, 4) is 11.5 Å². The molecule has 0 aromatic heterocycles. The van der Waals surface area contributed by atoms with Gasteiger partial charge in [0.05, 0.1) is 14.3 Å². The second kappa shape index (κ2) is 10.1. The molecule has 0 saturated heterocycles. The van der Waals surface area contributed by atoms with Gasteiger partial charge >= 0.3 is 0 Å². The van der Waals surface area contributed by atoms with Gasteiger partial charge in [0.2, 0.25) is 0 Å². The highest BCUT2D eigenvalue weighted by atomic mass is 127. The topological polar surface area (TPSA) is 35.5 Å². The maximum Gasteiger partial charge on any atom is 0.185 e. The SMILES string of the molecule is COc1ccc(C(=O)/C=C/c2cc(I)c(OCc3ccccc3)c(I)c2)cc1. The average Bonchev–Trinajstić information content (AvgIpc) is 2.72. The summed E-state index contributed by atoms with van der Waals surface area (Å²) in [5, 5.41) is 0. The summed E-state index contributed by atoms with van der Waals surface area (Å²) in [5.41, 5.74) is 2.72. The predicted molar refractivity (Wildman–Crippen MR) is 129 cm³/mol. The van der Waals surface area contributed by atoms with Crippen LogP contribution in [0.1, 0.15) is 21.5 Å². The molecule has 0 spiro atoms. The summed E-state index contributed by atoms with van der Waals surface area (Å²) < 4.78 is 13.2. The van der Waals surface area contributed by atoms with Crippen LogP contribution in [-0.2, 0) is 6.61 Å². The van der Waals surface area contributed by atoms with Crippen LogP contribution < -0.4 is 9.47 Å². The van der Waals surface area contributed by atoms with E-state index >= 15 is 0 Å². The average molecular weight is 596 g/mol. The maximum absolute atomic E-state index is 12.4. The van der Waals surface area contributed by atoms with Gasteiger partial charge in [-0.1, -0.05) is 36.4 Å². The molecule has 3 nitrogen and oxygen atoms in total. The number of rotatable bonds is 7. The fraction of sp³-hybridized carbons (Fsp3) is 0.0870. The summed E-state index contributed by atoms with van der Waals surface area (Å²) in [6.45, 7) is 0.526. The molecule has 3 aromatic rings. The first-order valence-electron chi connectivity index (χ1n) is 8.59. The lowest BCUT2D eigenvalue weighted by Crippen LogP contribution is -1.99. The number of carbonyl (C=O) groups excluding carboxylic acids is 1. The highest BCUT2D eigenvalue weighted by molar-refractivity contribution is 14.1. The zero-order valence-electron chi connectivity index (χ0n) is 15.2. The summed E-state index contributed by atoms with van der Waals surface area (Å²) in [6.07, 6.45) is 3.42. The van der Waals surface area contributed by atoms with Crippen LogP contribution in [0.3, 0.4) is 0 Å². The monoisotopic (exact) mass is 596 g/mol. The molecule has 0 bridgehead atoms. The van der Waals surface area contributed by atoms with Crippen molar-refractivity contribution in [1.82, 2.24) is 0 Å². The van der Waals surface area contributed by atoms with Gasteiger partial charge in [0, 0.05) is 5.56 Å². The van der Waals surface area contributed by atoms with Crippen molar-refractivity contribution in [3.63, 3.8) is 0 Å². The minimum Gasteiger partial charge on any atom is -0.497 e. The van der Waals surface area contributed by atoms with Gasteiger partial charge in [-0.15, -0.1) is 0 Å². The lowest BCUT2D eigenvalue weighted by Gasteiger charge is -2.11. The number of hydrogen-bond acceptors (Lipinski definition) is 3. The number of carbonyl (C=O) groups is 1. The Labute approximate surface area is 192 Å². The lowest BCUT2D eigenvalue weighted by atomic mass is 10.1. The molecule has 0 N–H and O–H groups in total. The Hall–Kier alpha value is -1.87. The van der Waals surface area contributed by atoms with Gasteiger partial charge in [-0.05, 0) is 98.8 Å². The number of ketones is 1. The number of benzene rings is 3. The van der Waals surface area contributed by atoms with Crippen molar-refractivity contribution < 1.29 is 14.3 Å². The fourth-order valence-corrected chi connectivity index (χ4v) is 4.69. The van der Waals surface area contributed by atoms with E-state index in [1.54, 1.807) is 37.5 Å². The Kier molecular flexibility index (Phi) is 7.50. The Balaban J connectivity index is 1.70. The molecule has 0 radical (unpaired) electrons. The second-order valence-electron chi connectivity index (χ2n) is 6.01. The zero-order valence-corrected chi connectivity index (χ0v) is 19.5. The van der Waals surface area contributed by atoms with E-state index in [4.69, 9.17) is 9.47 Å². The minimum absolute atomic E-state index is 0.0444. The van der Waals surface area contributed by atoms with Gasteiger partial charge in [-0.25, -0.2) is 0 Å². The highest BCUT2D eigenvalue weighted by Gasteiger charge is 2.09. The standard InChI is InChI=1S/C23H18I2O3/c1-27-19-10-8-18(9-11-19)22(26)12-7-17-13-20(24)23(21(25)14-17)28-15-16-5-3-2-4-6-16/h2-14H,15H2,1H3/b12-7+. The molecule has 0 aliphatic carbocycles. The maximum atomic E-state index is 12.4. The van der Waals surface area contributed by atoms with Gasteiger partial charge in [-0.2, -0.15) is 0 Å². The number of hydrogen-bond donors (Lipinski definition) is 0. The normalized spacial score (nSPS) is 10.8. The van der Waals surface area contributed by atoms with Crippen LogP contribution in [-0.4, -0.2) is 12.9 Å². The third kappa shape index (κ3) is 5.57. The molecule has 5 heteroatoms. The largest absolute Gasteiger partial charge is 0.497 e. The van der Waals surface area contributed by atoms with Crippen LogP contribution in [0, 0.1) is 7.14 Å². The third-order valence-corrected chi connectivity index (χ3v) is 5.65. The number of halogens is 2. The van der Waals surface area contributed by atoms with Crippen LogP contribution in [0.5, 0.6) is 11.5 Å². The molecule has 3 aromatic carbocycles. The van der Waals surface area contributed by atoms with Crippen LogP contribution in [0.15, 0.2) is 72.8 Å². The van der Waals surface area contributed by atoms with E-state index in [2.05, 4.69) is 45.2 Å². The molecule has 28 heavy (non-hydrogen) atoms. The van der Waals surface area contributed by atoms with E-state index in [9.17, 15) is 4.79 Å². The number of methoxy groups -OCH3 is 1. The summed E-state index contributed by atoms with van der Waals surface area (Å²) in [6, 6.07) is 21.2. The highest BCUT2D eigenvalue weighted by Crippen LogP contribution is 2.30. The summed E-state index contributed by atoms with van der Waals surface area (Å²) in [7, 11) is 1.60. The summed E-state index contributed by atoms with van der Waals surface area (Å²) in [5.74, 6) is 1.55. The van der Waals surface area contributed by atoms with Gasteiger partial charge < -0.3 is 9.47 Å². The molecular formula is C23H18I2O3. The first-order chi connectivity index (χ1) is 13.6. The van der Waals surface area contributed by atoms with Crippen molar-refractivity contribution in [3.05, 3.63) is 96.6 Å². The van der Waals surface area contributed by atoms with Gasteiger partial charge in [0.25, 0.3) is 0 Å². The minimum atomic E-state index is -0.0444. The van der Waals surface area contributed by atoms with Crippen molar-refractivity contribution in [2.24, 2.45) is 0 Å². The number of allylic oxidation sites excluding steroid dienone is 1. The van der Waals surface area contributed by atoms with E-state index in [1.165, 1.54) is 0 Å². The summed E-state index contributed by atoms with van der Waals surface area (Å²) in [4.78, 5) is 12.4. The van der Waals surface area contributed by atoms with E-state index in [0.29, 0.717) is 12.2 Å². The fourth-order valence-electron chi connectivity index (χ4n) is 2.57. The Morgan fingerprint density at radius 2 is 1.61 bits per heavy atom. The smallest absolute Gasteiger partial charge is 0.185 e. The summed E-state index contributed by atoms with van der Waals surface area (Å²) >= 11 is 4.54. The van der Waals surface area contributed by atoms with E-state index in [-0.39, 0.29) is 5.78 Å². The van der Waals surface area contributed by atoms with Crippen molar-refractivity contribution in [1.29, 1.82) is 0 Å². The zero-order chi connectivity index (χ0) is 19.9. The molecule has 0 atom stereocenters.